The van der Waals surface area contributed by atoms with Gasteiger partial charge in [0.15, 0.2) is 5.82 Å². The standard InChI is InChI=1S/C15H19F2N3O3/c1-3-13-18-14(23-19-13)9-20(2)8-12(21)10-4-6-11(7-5-10)22-15(16)17/h4-7,12,15,21H,3,8-9H2,1-2H3. The number of alkyl halides is 2. The van der Waals surface area contributed by atoms with Crippen LogP contribution in [0.2, 0.25) is 0 Å². The second-order valence-electron chi connectivity index (χ2n) is 5.12. The van der Waals surface area contributed by atoms with E-state index in [1.165, 1.54) is 12.1 Å². The molecule has 0 saturated heterocycles. The van der Waals surface area contributed by atoms with Crippen molar-refractivity contribution >= 4 is 0 Å². The molecule has 0 spiro atoms. The largest absolute Gasteiger partial charge is 0.435 e. The van der Waals surface area contributed by atoms with Crippen LogP contribution in [0.4, 0.5) is 8.78 Å². The second-order valence-corrected chi connectivity index (χ2v) is 5.12. The molecule has 0 amide bonds. The molecule has 1 N–H and O–H groups in total. The fraction of sp³-hybridized carbons (Fsp3) is 0.467. The monoisotopic (exact) mass is 327 g/mol. The lowest BCUT2D eigenvalue weighted by molar-refractivity contribution is -0.0498. The van der Waals surface area contributed by atoms with Crippen LogP contribution in [0.1, 0.15) is 30.3 Å². The summed E-state index contributed by atoms with van der Waals surface area (Å²) in [5, 5.41) is 14.0. The van der Waals surface area contributed by atoms with Crippen molar-refractivity contribution in [3.05, 3.63) is 41.5 Å². The van der Waals surface area contributed by atoms with E-state index in [4.69, 9.17) is 4.52 Å². The predicted octanol–water partition coefficient (Wildman–Crippen LogP) is 2.40. The molecule has 2 aromatic rings. The van der Waals surface area contributed by atoms with Crippen molar-refractivity contribution in [2.24, 2.45) is 0 Å². The number of hydrogen-bond donors (Lipinski definition) is 1. The molecule has 1 unspecified atom stereocenters. The van der Waals surface area contributed by atoms with E-state index >= 15 is 0 Å². The van der Waals surface area contributed by atoms with Gasteiger partial charge in [0.25, 0.3) is 0 Å². The Labute approximate surface area is 132 Å². The lowest BCUT2D eigenvalue weighted by Crippen LogP contribution is -2.24. The van der Waals surface area contributed by atoms with Crippen LogP contribution in [0.25, 0.3) is 0 Å². The molecule has 1 atom stereocenters. The summed E-state index contributed by atoms with van der Waals surface area (Å²) in [7, 11) is 1.81. The van der Waals surface area contributed by atoms with Crippen molar-refractivity contribution in [1.82, 2.24) is 15.0 Å². The first kappa shape index (κ1) is 17.3. The highest BCUT2D eigenvalue weighted by Gasteiger charge is 2.14. The van der Waals surface area contributed by atoms with Crippen LogP contribution in [0.5, 0.6) is 5.75 Å². The van der Waals surface area contributed by atoms with Gasteiger partial charge in [-0.1, -0.05) is 24.2 Å². The zero-order valence-corrected chi connectivity index (χ0v) is 12.9. The van der Waals surface area contributed by atoms with E-state index in [-0.39, 0.29) is 5.75 Å². The summed E-state index contributed by atoms with van der Waals surface area (Å²) < 4.78 is 33.5. The number of aromatic nitrogens is 2. The number of aliphatic hydroxyl groups excluding tert-OH is 1. The summed E-state index contributed by atoms with van der Waals surface area (Å²) in [6.07, 6.45) is -0.0720. The number of rotatable bonds is 8. The number of likely N-dealkylation sites (N-methyl/N-ethyl adjacent to an activating group) is 1. The van der Waals surface area contributed by atoms with Crippen LogP contribution in [-0.4, -0.2) is 40.4 Å². The Bertz CT molecular complexity index is 604. The number of nitrogens with zero attached hydrogens (tertiary/aromatic N) is 3. The minimum absolute atomic E-state index is 0.0576. The van der Waals surface area contributed by atoms with Crippen molar-refractivity contribution in [2.45, 2.75) is 32.6 Å². The summed E-state index contributed by atoms with van der Waals surface area (Å²) in [6, 6.07) is 5.91. The third-order valence-electron chi connectivity index (χ3n) is 3.21. The van der Waals surface area contributed by atoms with E-state index in [2.05, 4.69) is 14.9 Å². The second kappa shape index (κ2) is 7.98. The van der Waals surface area contributed by atoms with Gasteiger partial charge >= 0.3 is 6.61 Å². The summed E-state index contributed by atoms with van der Waals surface area (Å²) in [4.78, 5) is 6.03. The Kier molecular flexibility index (Phi) is 6.00. The molecule has 8 heteroatoms. The van der Waals surface area contributed by atoms with Gasteiger partial charge in [-0.3, -0.25) is 4.90 Å². The van der Waals surface area contributed by atoms with Crippen LogP contribution in [0.3, 0.4) is 0 Å². The van der Waals surface area contributed by atoms with Gasteiger partial charge in [-0.25, -0.2) is 0 Å². The molecule has 1 heterocycles. The van der Waals surface area contributed by atoms with Gasteiger partial charge in [-0.05, 0) is 24.7 Å². The van der Waals surface area contributed by atoms with Crippen molar-refractivity contribution in [2.75, 3.05) is 13.6 Å². The third-order valence-corrected chi connectivity index (χ3v) is 3.21. The van der Waals surface area contributed by atoms with Gasteiger partial charge in [-0.2, -0.15) is 13.8 Å². The average molecular weight is 327 g/mol. The van der Waals surface area contributed by atoms with E-state index in [0.717, 1.165) is 0 Å². The van der Waals surface area contributed by atoms with E-state index in [1.54, 1.807) is 12.1 Å². The van der Waals surface area contributed by atoms with E-state index in [9.17, 15) is 13.9 Å². The molecule has 6 nitrogen and oxygen atoms in total. The fourth-order valence-corrected chi connectivity index (χ4v) is 2.07. The highest BCUT2D eigenvalue weighted by molar-refractivity contribution is 5.28. The number of aliphatic hydroxyl groups is 1. The average Bonchev–Trinajstić information content (AvgIpc) is 2.94. The fourth-order valence-electron chi connectivity index (χ4n) is 2.07. The number of hydrogen-bond acceptors (Lipinski definition) is 6. The lowest BCUT2D eigenvalue weighted by atomic mass is 10.1. The van der Waals surface area contributed by atoms with E-state index in [0.29, 0.717) is 36.8 Å². The molecule has 0 saturated carbocycles. The summed E-state index contributed by atoms with van der Waals surface area (Å²) in [5.41, 5.74) is 0.609. The molecular formula is C15H19F2N3O3. The lowest BCUT2D eigenvalue weighted by Gasteiger charge is -2.19. The molecule has 126 valence electrons. The highest BCUT2D eigenvalue weighted by atomic mass is 19.3. The van der Waals surface area contributed by atoms with Crippen molar-refractivity contribution in [3.63, 3.8) is 0 Å². The Hall–Kier alpha value is -2.06. The molecule has 0 aliphatic carbocycles. The first-order chi connectivity index (χ1) is 11.0. The molecular weight excluding hydrogens is 308 g/mol. The van der Waals surface area contributed by atoms with E-state index in [1.807, 2.05) is 18.9 Å². The Morgan fingerprint density at radius 3 is 2.57 bits per heavy atom. The molecule has 2 rings (SSSR count). The van der Waals surface area contributed by atoms with Gasteiger partial charge in [0, 0.05) is 13.0 Å². The van der Waals surface area contributed by atoms with Crippen LogP contribution >= 0.6 is 0 Å². The number of aryl methyl sites for hydroxylation is 1. The van der Waals surface area contributed by atoms with Crippen molar-refractivity contribution in [1.29, 1.82) is 0 Å². The SMILES string of the molecule is CCc1noc(CN(C)CC(O)c2ccc(OC(F)F)cc2)n1. The highest BCUT2D eigenvalue weighted by Crippen LogP contribution is 2.20. The molecule has 0 aliphatic heterocycles. The molecule has 0 aliphatic rings. The van der Waals surface area contributed by atoms with Gasteiger partial charge in [-0.15, -0.1) is 0 Å². The topological polar surface area (TPSA) is 71.6 Å². The maximum atomic E-state index is 12.1. The molecule has 0 bridgehead atoms. The van der Waals surface area contributed by atoms with Crippen molar-refractivity contribution < 1.29 is 23.1 Å². The van der Waals surface area contributed by atoms with Crippen LogP contribution in [0, 0.1) is 0 Å². The first-order valence-electron chi connectivity index (χ1n) is 7.20. The van der Waals surface area contributed by atoms with Gasteiger partial charge in [0.05, 0.1) is 12.6 Å². The predicted molar refractivity (Wildman–Crippen MR) is 78.0 cm³/mol. The maximum Gasteiger partial charge on any atom is 0.387 e. The summed E-state index contributed by atoms with van der Waals surface area (Å²) >= 11 is 0. The summed E-state index contributed by atoms with van der Waals surface area (Å²) in [6.45, 7) is -0.182. The molecule has 1 aromatic heterocycles. The van der Waals surface area contributed by atoms with E-state index < -0.39 is 12.7 Å². The minimum Gasteiger partial charge on any atom is -0.435 e. The molecule has 0 fully saturated rings. The zero-order valence-electron chi connectivity index (χ0n) is 12.9. The van der Waals surface area contributed by atoms with Crippen molar-refractivity contribution in [3.8, 4) is 5.75 Å². The number of halogens is 2. The van der Waals surface area contributed by atoms with Gasteiger partial charge < -0.3 is 14.4 Å². The molecule has 1 aromatic carbocycles. The van der Waals surface area contributed by atoms with Crippen LogP contribution in [-0.2, 0) is 13.0 Å². The van der Waals surface area contributed by atoms with Gasteiger partial charge in [0.1, 0.15) is 5.75 Å². The minimum atomic E-state index is -2.86. The Morgan fingerprint density at radius 2 is 2.00 bits per heavy atom. The molecule has 0 radical (unpaired) electrons. The third kappa shape index (κ3) is 5.26. The first-order valence-corrected chi connectivity index (χ1v) is 7.20. The zero-order chi connectivity index (χ0) is 16.8. The quantitative estimate of drug-likeness (QED) is 0.803. The van der Waals surface area contributed by atoms with Gasteiger partial charge in [0.2, 0.25) is 5.89 Å². The molecule has 23 heavy (non-hydrogen) atoms. The van der Waals surface area contributed by atoms with Crippen LogP contribution in [0.15, 0.2) is 28.8 Å². The smallest absolute Gasteiger partial charge is 0.387 e. The normalized spacial score (nSPS) is 12.8. The maximum absolute atomic E-state index is 12.1. The number of benzene rings is 1. The number of ether oxygens (including phenoxy) is 1. The summed E-state index contributed by atoms with van der Waals surface area (Å²) in [5.74, 6) is 1.18. The Balaban J connectivity index is 1.88. The Morgan fingerprint density at radius 1 is 1.30 bits per heavy atom. The van der Waals surface area contributed by atoms with Crippen LogP contribution < -0.4 is 4.74 Å².